The van der Waals surface area contributed by atoms with E-state index in [0.29, 0.717) is 18.4 Å². The summed E-state index contributed by atoms with van der Waals surface area (Å²) in [6.45, 7) is 2.17. The van der Waals surface area contributed by atoms with Crippen molar-refractivity contribution in [3.8, 4) is 17.4 Å². The molecule has 0 saturated heterocycles. The lowest BCUT2D eigenvalue weighted by Crippen LogP contribution is -2.11. The van der Waals surface area contributed by atoms with E-state index in [-0.39, 0.29) is 11.6 Å². The summed E-state index contributed by atoms with van der Waals surface area (Å²) < 4.78 is 48.6. The van der Waals surface area contributed by atoms with Gasteiger partial charge in [0.15, 0.2) is 17.2 Å². The second kappa shape index (κ2) is 5.86. The van der Waals surface area contributed by atoms with Gasteiger partial charge >= 0.3 is 6.18 Å². The molecule has 0 atom stereocenters. The molecule has 2 N–H and O–H groups in total. The fourth-order valence-electron chi connectivity index (χ4n) is 1.56. The Kier molecular flexibility index (Phi) is 4.15. The van der Waals surface area contributed by atoms with Gasteiger partial charge in [0.25, 0.3) is 0 Å². The van der Waals surface area contributed by atoms with E-state index in [1.165, 1.54) is 0 Å². The molecule has 8 heteroatoms. The van der Waals surface area contributed by atoms with Crippen LogP contribution in [0.1, 0.15) is 12.6 Å². The van der Waals surface area contributed by atoms with Crippen LogP contribution < -0.4 is 15.2 Å². The second-order valence-electron chi connectivity index (χ2n) is 3.93. The molecule has 21 heavy (non-hydrogen) atoms. The minimum absolute atomic E-state index is 0.241. The first kappa shape index (κ1) is 14.9. The highest BCUT2D eigenvalue weighted by molar-refractivity contribution is 5.42. The molecule has 1 heterocycles. The minimum atomic E-state index is -4.63. The summed E-state index contributed by atoms with van der Waals surface area (Å²) in [6, 6.07) is 7.24. The number of ether oxygens (including phenoxy) is 2. The average molecular weight is 299 g/mol. The lowest BCUT2D eigenvalue weighted by atomic mass is 10.3. The first-order valence-corrected chi connectivity index (χ1v) is 6.01. The fourth-order valence-corrected chi connectivity index (χ4v) is 1.56. The largest absolute Gasteiger partial charge is 0.490 e. The summed E-state index contributed by atoms with van der Waals surface area (Å²) in [7, 11) is 0. The van der Waals surface area contributed by atoms with E-state index in [1.807, 2.05) is 0 Å². The molecule has 0 unspecified atom stereocenters. The summed E-state index contributed by atoms with van der Waals surface area (Å²) in [5, 5.41) is 0. The summed E-state index contributed by atoms with van der Waals surface area (Å²) in [4.78, 5) is 6.77. The van der Waals surface area contributed by atoms with E-state index >= 15 is 0 Å². The number of nitrogen functional groups attached to an aromatic ring is 1. The van der Waals surface area contributed by atoms with E-state index in [0.717, 1.165) is 0 Å². The van der Waals surface area contributed by atoms with Gasteiger partial charge in [-0.15, -0.1) is 0 Å². The Labute approximate surface area is 118 Å². The quantitative estimate of drug-likeness (QED) is 0.938. The number of hydrogen-bond donors (Lipinski definition) is 1. The zero-order valence-corrected chi connectivity index (χ0v) is 11.0. The van der Waals surface area contributed by atoms with Crippen LogP contribution in [-0.4, -0.2) is 16.6 Å². The minimum Gasteiger partial charge on any atom is -0.490 e. The van der Waals surface area contributed by atoms with Crippen LogP contribution in [0.5, 0.6) is 17.4 Å². The molecular weight excluding hydrogens is 287 g/mol. The molecule has 1 aromatic heterocycles. The van der Waals surface area contributed by atoms with Gasteiger partial charge in [-0.1, -0.05) is 12.1 Å². The first-order valence-electron chi connectivity index (χ1n) is 6.01. The Morgan fingerprint density at radius 2 is 1.81 bits per heavy atom. The number of anilines is 1. The number of benzene rings is 1. The normalized spacial score (nSPS) is 11.2. The van der Waals surface area contributed by atoms with Gasteiger partial charge in [0.2, 0.25) is 11.8 Å². The monoisotopic (exact) mass is 299 g/mol. The Hall–Kier alpha value is -2.51. The molecular formula is C13H12F3N3O2. The van der Waals surface area contributed by atoms with Crippen molar-refractivity contribution in [1.29, 1.82) is 0 Å². The molecule has 2 aromatic rings. The van der Waals surface area contributed by atoms with Crippen LogP contribution in [0.15, 0.2) is 30.3 Å². The van der Waals surface area contributed by atoms with Crippen molar-refractivity contribution in [1.82, 2.24) is 9.97 Å². The van der Waals surface area contributed by atoms with Crippen LogP contribution in [0.3, 0.4) is 0 Å². The molecule has 0 amide bonds. The van der Waals surface area contributed by atoms with Gasteiger partial charge in [-0.2, -0.15) is 18.2 Å². The molecule has 0 aliphatic rings. The molecule has 0 aliphatic heterocycles. The Balaban J connectivity index is 2.34. The lowest BCUT2D eigenvalue weighted by molar-refractivity contribution is -0.141. The zero-order chi connectivity index (χ0) is 15.5. The summed E-state index contributed by atoms with van der Waals surface area (Å²) in [5.74, 6) is -0.188. The summed E-state index contributed by atoms with van der Waals surface area (Å²) in [6.07, 6.45) is -4.63. The Morgan fingerprint density at radius 1 is 1.14 bits per heavy atom. The van der Waals surface area contributed by atoms with Crippen molar-refractivity contribution < 1.29 is 22.6 Å². The Morgan fingerprint density at radius 3 is 2.43 bits per heavy atom. The van der Waals surface area contributed by atoms with E-state index in [9.17, 15) is 13.2 Å². The van der Waals surface area contributed by atoms with Gasteiger partial charge in [0, 0.05) is 6.07 Å². The maximum atomic E-state index is 12.7. The van der Waals surface area contributed by atoms with E-state index in [1.54, 1.807) is 31.2 Å². The van der Waals surface area contributed by atoms with Crippen LogP contribution >= 0.6 is 0 Å². The first-order chi connectivity index (χ1) is 9.90. The van der Waals surface area contributed by atoms with Crippen molar-refractivity contribution in [2.45, 2.75) is 13.1 Å². The topological polar surface area (TPSA) is 70.3 Å². The SMILES string of the molecule is CCOc1ccccc1Oc1cc(C(F)(F)F)nc(N)n1. The number of alkyl halides is 3. The lowest BCUT2D eigenvalue weighted by Gasteiger charge is -2.12. The molecule has 0 radical (unpaired) electrons. The maximum absolute atomic E-state index is 12.7. The predicted molar refractivity (Wildman–Crippen MR) is 69.1 cm³/mol. The predicted octanol–water partition coefficient (Wildman–Crippen LogP) is 3.27. The summed E-state index contributed by atoms with van der Waals surface area (Å²) in [5.41, 5.74) is 4.11. The van der Waals surface area contributed by atoms with Gasteiger partial charge < -0.3 is 15.2 Å². The van der Waals surface area contributed by atoms with Crippen LogP contribution in [0, 0.1) is 0 Å². The van der Waals surface area contributed by atoms with Crippen LogP contribution in [-0.2, 0) is 6.18 Å². The molecule has 5 nitrogen and oxygen atoms in total. The molecule has 0 aliphatic carbocycles. The number of nitrogens with zero attached hydrogens (tertiary/aromatic N) is 2. The number of aromatic nitrogens is 2. The van der Waals surface area contributed by atoms with Gasteiger partial charge in [-0.25, -0.2) is 4.98 Å². The molecule has 0 bridgehead atoms. The van der Waals surface area contributed by atoms with E-state index in [4.69, 9.17) is 15.2 Å². The smallest absolute Gasteiger partial charge is 0.433 e. The molecule has 0 saturated carbocycles. The van der Waals surface area contributed by atoms with Crippen LogP contribution in [0.25, 0.3) is 0 Å². The third-order valence-corrected chi connectivity index (χ3v) is 2.37. The molecule has 2 rings (SSSR count). The third kappa shape index (κ3) is 3.74. The number of nitrogens with two attached hydrogens (primary N) is 1. The van der Waals surface area contributed by atoms with Crippen LogP contribution in [0.4, 0.5) is 19.1 Å². The van der Waals surface area contributed by atoms with E-state index in [2.05, 4.69) is 9.97 Å². The van der Waals surface area contributed by atoms with Crippen molar-refractivity contribution in [3.63, 3.8) is 0 Å². The molecule has 0 fully saturated rings. The number of para-hydroxylation sites is 2. The third-order valence-electron chi connectivity index (χ3n) is 2.37. The molecule has 1 aromatic carbocycles. The van der Waals surface area contributed by atoms with Crippen molar-refractivity contribution in [2.75, 3.05) is 12.3 Å². The highest BCUT2D eigenvalue weighted by atomic mass is 19.4. The van der Waals surface area contributed by atoms with Crippen molar-refractivity contribution in [2.24, 2.45) is 0 Å². The van der Waals surface area contributed by atoms with Gasteiger partial charge in [-0.05, 0) is 19.1 Å². The molecule has 112 valence electrons. The number of rotatable bonds is 4. The van der Waals surface area contributed by atoms with Crippen molar-refractivity contribution >= 4 is 5.95 Å². The van der Waals surface area contributed by atoms with Gasteiger partial charge in [0.05, 0.1) is 6.61 Å². The van der Waals surface area contributed by atoms with E-state index < -0.39 is 17.8 Å². The molecule has 0 spiro atoms. The highest BCUT2D eigenvalue weighted by Crippen LogP contribution is 2.34. The highest BCUT2D eigenvalue weighted by Gasteiger charge is 2.34. The van der Waals surface area contributed by atoms with Gasteiger partial charge in [0.1, 0.15) is 0 Å². The summed E-state index contributed by atoms with van der Waals surface area (Å²) >= 11 is 0. The van der Waals surface area contributed by atoms with Crippen molar-refractivity contribution in [3.05, 3.63) is 36.0 Å². The number of halogens is 3. The standard InChI is InChI=1S/C13H12F3N3O2/c1-2-20-8-5-3-4-6-9(8)21-11-7-10(13(14,15)16)18-12(17)19-11/h3-7H,2H2,1H3,(H2,17,18,19). The zero-order valence-electron chi connectivity index (χ0n) is 11.0. The maximum Gasteiger partial charge on any atom is 0.433 e. The average Bonchev–Trinajstić information content (AvgIpc) is 2.40. The van der Waals surface area contributed by atoms with Crippen LogP contribution in [0.2, 0.25) is 0 Å². The second-order valence-corrected chi connectivity index (χ2v) is 3.93. The fraction of sp³-hybridized carbons (Fsp3) is 0.231. The Bertz CT molecular complexity index is 632. The number of hydrogen-bond acceptors (Lipinski definition) is 5. The van der Waals surface area contributed by atoms with Gasteiger partial charge in [-0.3, -0.25) is 0 Å².